The maximum atomic E-state index is 12.7. The summed E-state index contributed by atoms with van der Waals surface area (Å²) in [5.74, 6) is -0.669. The molecule has 0 aromatic carbocycles. The van der Waals surface area contributed by atoms with E-state index in [1.54, 1.807) is 132 Å². The van der Waals surface area contributed by atoms with Crippen molar-refractivity contribution in [2.75, 3.05) is 93.1 Å². The Bertz CT molecular complexity index is 6020. The first kappa shape index (κ1) is 122. The van der Waals surface area contributed by atoms with Crippen LogP contribution in [0.2, 0.25) is 26.4 Å². The molecule has 12 atom stereocenters. The molecule has 774 valence electrons. The number of aromatic nitrogens is 20. The van der Waals surface area contributed by atoms with E-state index in [0.717, 1.165) is 6.42 Å². The molecule has 0 unspecified atom stereocenters. The fourth-order valence-electron chi connectivity index (χ4n) is 12.6. The fourth-order valence-corrected chi connectivity index (χ4v) is 17.2. The number of halogens is 6. The van der Waals surface area contributed by atoms with Gasteiger partial charge in [0, 0.05) is 42.4 Å². The van der Waals surface area contributed by atoms with E-state index in [-0.39, 0.29) is 182 Å². The molecule has 0 spiro atoms. The van der Waals surface area contributed by atoms with Gasteiger partial charge in [-0.2, -0.15) is 49.8 Å². The van der Waals surface area contributed by atoms with Gasteiger partial charge in [-0.25, -0.2) is 29.7 Å². The van der Waals surface area contributed by atoms with Gasteiger partial charge in [0.1, 0.15) is 74.1 Å². The second-order valence-corrected chi connectivity index (χ2v) is 41.0. The average Bonchev–Trinajstić information content (AvgIpc) is 1.65. The minimum atomic E-state index is -5.94. The number of fused-ring (bicyclic) bond motifs is 5. The van der Waals surface area contributed by atoms with E-state index in [1.165, 1.54) is 23.5 Å². The van der Waals surface area contributed by atoms with Crippen LogP contribution in [0.15, 0.2) is 56.1 Å². The van der Waals surface area contributed by atoms with Crippen LogP contribution in [0.25, 0.3) is 55.8 Å². The van der Waals surface area contributed by atoms with Crippen molar-refractivity contribution in [2.45, 2.75) is 191 Å². The number of nitrogens with two attached hydrogens (primary N) is 3. The van der Waals surface area contributed by atoms with Crippen molar-refractivity contribution >= 4 is 183 Å². The van der Waals surface area contributed by atoms with E-state index in [0.29, 0.717) is 68.7 Å². The Morgan fingerprint density at radius 3 is 1.21 bits per heavy atom. The quantitative estimate of drug-likeness (QED) is 0.0105. The number of carbonyl (C=O) groups excluding carboxylic acids is 2. The van der Waals surface area contributed by atoms with E-state index in [2.05, 4.69) is 85.4 Å². The number of hydrogen-bond donors (Lipinski definition) is 10. The number of aliphatic hydroxyl groups is 4. The third-order valence-corrected chi connectivity index (χ3v) is 24.8. The standard InChI is InChI=1S/C20H31ClN5O6P.C19H27ClN5O6P.C10H10ClN5O4.C10H12ClN5O3.C9H8ClN5O.C5H13O4P.CH4.IO4.Na.2O.Pt/c1-7-30-33(28,31-8-2)11-29-17-12(3)9-13(32-17)26-10-22-14-15(23-18(27)20(4,5)6)24-19(21)25-16(14)26;1-6-29-32(27,30-7-2)11-28-13-9-8-12(31-13)25-10-21-14-15(22-17(26)19(3,4)5)23-18(20)24-16(14)25;11-10-14-7(12)5-8(15-10)16(2-13-5)4-1-3(17)6(20-4)9(18)19;11-10-14-8(12)7-9(15-10)16(3-13-7)6-1-4(18)5(2-17)19-6;10-9-13-7(11)6-8(14-9)15(4-12-6)5-2-1-3-16-5;1-3-8-10(7,5-6)9-4-2;;2-1(3,4)5;;;;/h10,12-13,17H,7-9,11H2,1-6H3,(H,23,24,25,27);8-10,12-13H,6-7,11H2,1-5H3,(H,22,23,24,26);2-4,6,17H,1H2,(H,18,19)(H2,12,14,15);3-6,17-18H,1-2H2,(H2,12,14,15);1,3-5H,2H2,(H2,11,13,14);6H,3-5H2,1-2H3;1H4;;;;;/q;;;;;;;-1;+1;;;/t12-,13+,17-;12-,13+;3-,4+,6-;4-,5+,6+;5-;;;;;;;/m01001......./s1. The number of nitrogen functional groups attached to an aromatic ring is 3. The Hall–Kier alpha value is -6.80. The van der Waals surface area contributed by atoms with Gasteiger partial charge in [0.15, 0.2) is 112 Å². The zero-order valence-electron chi connectivity index (χ0n) is 76.6. The van der Waals surface area contributed by atoms with Gasteiger partial charge in [0.2, 0.25) is 38.2 Å². The van der Waals surface area contributed by atoms with Crippen molar-refractivity contribution in [3.63, 3.8) is 0 Å². The first-order valence-electron chi connectivity index (χ1n) is 41.1. The molecule has 3 saturated heterocycles. The van der Waals surface area contributed by atoms with E-state index >= 15 is 0 Å². The average molecular weight is 2440 g/mol. The Morgan fingerprint density at radius 2 is 0.857 bits per heavy atom. The topological polar surface area (TPSA) is 770 Å². The number of hydrogen-bond acceptors (Lipinski definition) is 47. The minimum absolute atomic E-state index is 0. The summed E-state index contributed by atoms with van der Waals surface area (Å²) in [5.41, 5.74) is 20.1. The molecule has 140 heavy (non-hydrogen) atoms. The zero-order valence-corrected chi connectivity index (χ0v) is 89.5. The number of amides is 2. The summed E-state index contributed by atoms with van der Waals surface area (Å²) in [5, 5.41) is 51.5. The number of nitrogens with one attached hydrogen (secondary N) is 2. The summed E-state index contributed by atoms with van der Waals surface area (Å²) in [6.07, 6.45) is 7.87. The molecule has 66 heteroatoms. The van der Waals surface area contributed by atoms with Gasteiger partial charge in [-0.05, 0) is 118 Å². The molecule has 2 amide bonds. The Balaban J connectivity index is 0.000000260. The predicted octanol–water partition coefficient (Wildman–Crippen LogP) is 0.543. The Kier molecular flexibility index (Phi) is 48.0. The normalized spacial score (nSPS) is 20.5. The van der Waals surface area contributed by atoms with Gasteiger partial charge in [-0.3, -0.25) is 59.9 Å². The van der Waals surface area contributed by atoms with Crippen LogP contribution in [0.4, 0.5) is 29.1 Å². The number of rotatable bonds is 28. The molecule has 10 aromatic heterocycles. The van der Waals surface area contributed by atoms with Crippen LogP contribution in [0.1, 0.15) is 154 Å². The summed E-state index contributed by atoms with van der Waals surface area (Å²) in [6, 6.07) is 0. The molecule has 15 heterocycles. The first-order chi connectivity index (χ1) is 64.9. The number of imidazole rings is 5. The molecule has 13 N–H and O–H groups in total. The summed E-state index contributed by atoms with van der Waals surface area (Å²) in [7, 11) is -9.87. The van der Waals surface area contributed by atoms with Crippen molar-refractivity contribution in [1.29, 1.82) is 0 Å². The Labute approximate surface area is 860 Å². The third kappa shape index (κ3) is 34.1. The molecule has 0 aliphatic carbocycles. The van der Waals surface area contributed by atoms with Crippen molar-refractivity contribution < 1.29 is 203 Å². The maximum absolute atomic E-state index is 12.7. The summed E-state index contributed by atoms with van der Waals surface area (Å²) in [4.78, 5) is 97.2. The first-order valence-corrected chi connectivity index (χ1v) is 53.6. The molecule has 5 aliphatic heterocycles. The van der Waals surface area contributed by atoms with Crippen molar-refractivity contribution in [3.8, 4) is 0 Å². The molecular weight excluding hydrogens is 2330 g/mol. The van der Waals surface area contributed by atoms with Crippen molar-refractivity contribution in [2.24, 2.45) is 16.7 Å². The van der Waals surface area contributed by atoms with E-state index in [4.69, 9.17) is 171 Å². The fraction of sp³-hybridized carbons (Fsp3) is 0.568. The van der Waals surface area contributed by atoms with Crippen LogP contribution in [-0.4, -0.2) is 243 Å². The van der Waals surface area contributed by atoms with Crippen LogP contribution in [0.5, 0.6) is 0 Å². The van der Waals surface area contributed by atoms with Crippen LogP contribution < -0.4 is 91.2 Å². The van der Waals surface area contributed by atoms with Gasteiger partial charge in [-0.1, -0.05) is 55.9 Å². The second-order valence-electron chi connectivity index (χ2n) is 30.8. The number of carboxylic acids is 1. The van der Waals surface area contributed by atoms with Gasteiger partial charge >= 0.3 is 83.6 Å². The predicted molar refractivity (Wildman–Crippen MR) is 479 cm³/mol. The summed E-state index contributed by atoms with van der Waals surface area (Å²) < 4.78 is 166. The monoisotopic (exact) mass is 2440 g/mol. The number of anilines is 5. The second kappa shape index (κ2) is 55.1. The van der Waals surface area contributed by atoms with Gasteiger partial charge < -0.3 is 114 Å². The molecule has 55 nitrogen and oxygen atoms in total. The number of nitrogens with zero attached hydrogens (tertiary/aromatic N) is 20. The van der Waals surface area contributed by atoms with Crippen LogP contribution >= 0.6 is 80.8 Å². The number of carboxylic acid groups (broad SMARTS) is 1. The molecule has 0 bridgehead atoms. The third-order valence-electron chi connectivity index (χ3n) is 18.7. The number of aliphatic hydroxyl groups excluding tert-OH is 4. The van der Waals surface area contributed by atoms with Gasteiger partial charge in [-0.15, -0.1) is 0 Å². The van der Waals surface area contributed by atoms with Crippen molar-refractivity contribution in [1.82, 2.24) is 97.6 Å². The van der Waals surface area contributed by atoms with Crippen molar-refractivity contribution in [3.05, 3.63) is 82.5 Å². The molecule has 3 fully saturated rings. The summed E-state index contributed by atoms with van der Waals surface area (Å²) in [6.45, 7) is 24.3. The van der Waals surface area contributed by atoms with Crippen LogP contribution in [0, 0.1) is 16.7 Å². The Morgan fingerprint density at radius 1 is 0.514 bits per heavy atom. The van der Waals surface area contributed by atoms with Crippen LogP contribution in [0.3, 0.4) is 0 Å². The SMILES string of the molecule is C.CCOP(=O)(CO)OCC.CCOP(=O)(CO[C@@H]1C=C[C@H](n2cnc3c(NC(=O)C(C)(C)C)nc(Cl)nc32)O1)OCC.CCOP(=O)(CO[C@H]1O[C@@H](n2cnc3c(NC(=O)C(C)(C)C)nc(Cl)nc32)C[C@@H]1C)OCC.Nc1nc(Cl)nc2c1ncn2[C@H]1CC=CO1.Nc1nc(Cl)nc2c1ncn2[C@H]1C[C@H](O)[C@@H](C(=O)O)O1.Nc1nc(Cl)nc2c1ncn2[C@H]1C[C@H](O)[C@@H](CO)O1.[Na+].[O-][I+3]([O-])([O-])[O-].[O]=[Pt]=[O]. The van der Waals surface area contributed by atoms with Crippen LogP contribution in [-0.2, 0) is 114 Å². The van der Waals surface area contributed by atoms with E-state index in [9.17, 15) is 38.3 Å². The number of ether oxygens (including phenoxy) is 7. The number of carbonyl (C=O) groups is 3. The van der Waals surface area contributed by atoms with E-state index < -0.39 is 146 Å². The molecular formula is C74H105Cl5IN25NaO30P3Pt. The van der Waals surface area contributed by atoms with Gasteiger partial charge in [0.05, 0.1) is 90.0 Å². The molecule has 15 rings (SSSR count). The number of aliphatic carboxylic acids is 1. The van der Waals surface area contributed by atoms with Gasteiger partial charge in [0.25, 0.3) is 0 Å². The van der Waals surface area contributed by atoms with E-state index in [1.807, 2.05) is 13.0 Å². The zero-order chi connectivity index (χ0) is 102. The summed E-state index contributed by atoms with van der Waals surface area (Å²) >= 11 is 21.6. The molecule has 10 aromatic rings. The molecule has 0 radical (unpaired) electrons. The molecule has 0 saturated carbocycles. The molecule has 5 aliphatic rings.